The predicted octanol–water partition coefficient (Wildman–Crippen LogP) is 1.65. The van der Waals surface area contributed by atoms with Crippen molar-refractivity contribution in [2.75, 3.05) is 39.3 Å². The molecule has 39 heavy (non-hydrogen) atoms. The highest BCUT2D eigenvalue weighted by Gasteiger charge is 2.44. The fraction of sp³-hybridized carbons (Fsp3) is 0.640. The molecule has 0 radical (unpaired) electrons. The van der Waals surface area contributed by atoms with E-state index in [2.05, 4.69) is 5.32 Å². The summed E-state index contributed by atoms with van der Waals surface area (Å²) in [6, 6.07) is 4.85. The SMILES string of the molecule is N#CC1CN(S(=O)(=O)N2CCC[C@H](C(=O)N3CCC[C@@H]3C(=O)N[C@H](CCO)c3ccc(C(F)(F)F)cc3)C2)C1. The van der Waals surface area contributed by atoms with Gasteiger partial charge >= 0.3 is 6.18 Å². The number of hydrogen-bond donors (Lipinski definition) is 2. The number of carbonyl (C=O) groups is 2. The van der Waals surface area contributed by atoms with Crippen molar-refractivity contribution in [3.05, 3.63) is 35.4 Å². The van der Waals surface area contributed by atoms with Gasteiger partial charge in [-0.3, -0.25) is 9.59 Å². The molecule has 0 unspecified atom stereocenters. The summed E-state index contributed by atoms with van der Waals surface area (Å²) in [5.41, 5.74) is -0.422. The summed E-state index contributed by atoms with van der Waals surface area (Å²) in [5, 5.41) is 21.2. The Morgan fingerprint density at radius 3 is 2.36 bits per heavy atom. The number of alkyl halides is 3. The van der Waals surface area contributed by atoms with Gasteiger partial charge in [-0.05, 0) is 49.8 Å². The number of aliphatic hydroxyl groups excluding tert-OH is 1. The van der Waals surface area contributed by atoms with E-state index in [-0.39, 0.29) is 51.0 Å². The third-order valence-corrected chi connectivity index (χ3v) is 9.56. The number of likely N-dealkylation sites (tertiary alicyclic amines) is 1. The quantitative estimate of drug-likeness (QED) is 0.488. The smallest absolute Gasteiger partial charge is 0.396 e. The molecule has 1 aromatic carbocycles. The van der Waals surface area contributed by atoms with Crippen LogP contribution in [0.4, 0.5) is 13.2 Å². The highest BCUT2D eigenvalue weighted by Crippen LogP contribution is 2.32. The number of aliphatic hydroxyl groups is 1. The van der Waals surface area contributed by atoms with Crippen LogP contribution in [0, 0.1) is 23.2 Å². The number of piperidine rings is 1. The van der Waals surface area contributed by atoms with Gasteiger partial charge in [0.2, 0.25) is 11.8 Å². The molecule has 0 saturated carbocycles. The Labute approximate surface area is 225 Å². The number of nitrogens with zero attached hydrogens (tertiary/aromatic N) is 4. The fourth-order valence-corrected chi connectivity index (χ4v) is 7.18. The molecule has 2 N–H and O–H groups in total. The minimum atomic E-state index is -4.50. The third-order valence-electron chi connectivity index (χ3n) is 7.63. The van der Waals surface area contributed by atoms with Gasteiger partial charge in [-0.15, -0.1) is 0 Å². The first-order valence-corrected chi connectivity index (χ1v) is 14.4. The molecule has 0 spiro atoms. The Balaban J connectivity index is 1.41. The standard InChI is InChI=1S/C25H32F3N5O5S/c26-25(27,28)20-7-5-18(6-8-20)21(9-12-34)30-23(35)22-4-2-11-33(22)24(36)19-3-1-10-31(16-19)39(37,38)32-14-17(13-29)15-32/h5-8,17,19,21-22,34H,1-4,9-12,14-16H2,(H,30,35)/t19-,21+,22+/m0/s1. The second-order valence-electron chi connectivity index (χ2n) is 10.2. The molecular formula is C25H32F3N5O5S. The van der Waals surface area contributed by atoms with E-state index in [4.69, 9.17) is 5.26 Å². The third kappa shape index (κ3) is 6.37. The maximum Gasteiger partial charge on any atom is 0.416 e. The molecule has 10 nitrogen and oxygen atoms in total. The van der Waals surface area contributed by atoms with E-state index >= 15 is 0 Å². The van der Waals surface area contributed by atoms with Crippen LogP contribution in [-0.2, 0) is 26.0 Å². The van der Waals surface area contributed by atoms with Crippen LogP contribution in [0.25, 0.3) is 0 Å². The van der Waals surface area contributed by atoms with Crippen LogP contribution < -0.4 is 5.32 Å². The van der Waals surface area contributed by atoms with Gasteiger partial charge in [0.05, 0.1) is 29.5 Å². The van der Waals surface area contributed by atoms with Crippen LogP contribution in [-0.4, -0.2) is 84.2 Å². The highest BCUT2D eigenvalue weighted by molar-refractivity contribution is 7.86. The van der Waals surface area contributed by atoms with Gasteiger partial charge in [0.25, 0.3) is 10.2 Å². The molecule has 0 aromatic heterocycles. The molecule has 2 amide bonds. The molecule has 214 valence electrons. The minimum absolute atomic E-state index is 0.00157. The molecule has 14 heteroatoms. The molecule has 0 bridgehead atoms. The van der Waals surface area contributed by atoms with Gasteiger partial charge in [-0.1, -0.05) is 12.1 Å². The van der Waals surface area contributed by atoms with Gasteiger partial charge < -0.3 is 15.3 Å². The summed E-state index contributed by atoms with van der Waals surface area (Å²) in [6.07, 6.45) is -2.48. The van der Waals surface area contributed by atoms with E-state index in [1.165, 1.54) is 25.6 Å². The summed E-state index contributed by atoms with van der Waals surface area (Å²) < 4.78 is 67.2. The van der Waals surface area contributed by atoms with E-state index < -0.39 is 45.9 Å². The lowest BCUT2D eigenvalue weighted by Crippen LogP contribution is -2.57. The summed E-state index contributed by atoms with van der Waals surface area (Å²) in [4.78, 5) is 28.2. The van der Waals surface area contributed by atoms with Crippen LogP contribution >= 0.6 is 0 Å². The zero-order chi connectivity index (χ0) is 28.4. The van der Waals surface area contributed by atoms with Gasteiger partial charge in [-0.2, -0.15) is 35.5 Å². The van der Waals surface area contributed by atoms with Crippen molar-refractivity contribution in [3.63, 3.8) is 0 Å². The van der Waals surface area contributed by atoms with Crippen molar-refractivity contribution in [2.24, 2.45) is 11.8 Å². The maximum atomic E-state index is 13.5. The molecule has 3 aliphatic rings. The highest BCUT2D eigenvalue weighted by atomic mass is 32.2. The molecule has 1 aromatic rings. The average molecular weight is 572 g/mol. The first-order chi connectivity index (χ1) is 18.5. The number of halogens is 3. The molecule has 3 fully saturated rings. The Hall–Kier alpha value is -2.73. The molecule has 3 heterocycles. The van der Waals surface area contributed by atoms with Gasteiger partial charge in [-0.25, -0.2) is 0 Å². The normalized spacial score (nSPS) is 24.1. The van der Waals surface area contributed by atoms with Crippen LogP contribution in [0.5, 0.6) is 0 Å². The van der Waals surface area contributed by atoms with E-state index in [9.17, 15) is 36.3 Å². The van der Waals surface area contributed by atoms with Crippen molar-refractivity contribution < 1.29 is 36.3 Å². The van der Waals surface area contributed by atoms with Crippen molar-refractivity contribution in [1.29, 1.82) is 5.26 Å². The number of carbonyl (C=O) groups excluding carboxylic acids is 2. The van der Waals surface area contributed by atoms with Crippen molar-refractivity contribution in [1.82, 2.24) is 18.8 Å². The lowest BCUT2D eigenvalue weighted by Gasteiger charge is -2.41. The van der Waals surface area contributed by atoms with Crippen LogP contribution in [0.15, 0.2) is 24.3 Å². The largest absolute Gasteiger partial charge is 0.416 e. The number of nitriles is 1. The lowest BCUT2D eigenvalue weighted by atomic mass is 9.97. The Morgan fingerprint density at radius 1 is 1.08 bits per heavy atom. The molecule has 3 aliphatic heterocycles. The fourth-order valence-electron chi connectivity index (χ4n) is 5.39. The molecule has 3 atom stereocenters. The number of rotatable bonds is 8. The lowest BCUT2D eigenvalue weighted by molar-refractivity contribution is -0.142. The number of amides is 2. The number of nitrogens with one attached hydrogen (secondary N) is 1. The predicted molar refractivity (Wildman–Crippen MR) is 133 cm³/mol. The zero-order valence-corrected chi connectivity index (χ0v) is 22.1. The molecule has 0 aliphatic carbocycles. The van der Waals surface area contributed by atoms with Crippen molar-refractivity contribution >= 4 is 22.0 Å². The van der Waals surface area contributed by atoms with Gasteiger partial charge in [0.1, 0.15) is 6.04 Å². The van der Waals surface area contributed by atoms with Crippen LogP contribution in [0.3, 0.4) is 0 Å². The Bertz CT molecular complexity index is 1200. The minimum Gasteiger partial charge on any atom is -0.396 e. The monoisotopic (exact) mass is 571 g/mol. The summed E-state index contributed by atoms with van der Waals surface area (Å²) >= 11 is 0. The van der Waals surface area contributed by atoms with Crippen LogP contribution in [0.1, 0.15) is 49.3 Å². The van der Waals surface area contributed by atoms with E-state index in [1.54, 1.807) is 0 Å². The van der Waals surface area contributed by atoms with E-state index in [1.807, 2.05) is 6.07 Å². The average Bonchev–Trinajstić information content (AvgIpc) is 3.37. The van der Waals surface area contributed by atoms with Crippen molar-refractivity contribution in [3.8, 4) is 6.07 Å². The number of benzene rings is 1. The second-order valence-corrected chi connectivity index (χ2v) is 12.2. The van der Waals surface area contributed by atoms with Crippen LogP contribution in [0.2, 0.25) is 0 Å². The van der Waals surface area contributed by atoms with Crippen molar-refractivity contribution in [2.45, 2.75) is 50.4 Å². The maximum absolute atomic E-state index is 13.5. The molecule has 3 saturated heterocycles. The second kappa shape index (κ2) is 11.8. The van der Waals surface area contributed by atoms with E-state index in [0.717, 1.165) is 12.1 Å². The molecule has 4 rings (SSSR count). The topological polar surface area (TPSA) is 134 Å². The first kappa shape index (κ1) is 29.3. The van der Waals surface area contributed by atoms with Gasteiger partial charge in [0.15, 0.2) is 0 Å². The summed E-state index contributed by atoms with van der Waals surface area (Å²) in [7, 11) is -3.78. The summed E-state index contributed by atoms with van der Waals surface area (Å²) in [5.74, 6) is -1.72. The van der Waals surface area contributed by atoms with Gasteiger partial charge in [0, 0.05) is 39.3 Å². The number of hydrogen-bond acceptors (Lipinski definition) is 6. The first-order valence-electron chi connectivity index (χ1n) is 13.0. The zero-order valence-electron chi connectivity index (χ0n) is 21.3. The Morgan fingerprint density at radius 2 is 1.74 bits per heavy atom. The molecular weight excluding hydrogens is 539 g/mol. The Kier molecular flexibility index (Phi) is 8.85. The summed E-state index contributed by atoms with van der Waals surface area (Å²) in [6.45, 7) is 0.573. The van der Waals surface area contributed by atoms with E-state index in [0.29, 0.717) is 37.8 Å².